The molecule has 1 aromatic heterocycles. The molecule has 0 unspecified atom stereocenters. The summed E-state index contributed by atoms with van der Waals surface area (Å²) in [5, 5.41) is 11.9. The van der Waals surface area contributed by atoms with Crippen LogP contribution in [0.5, 0.6) is 0 Å². The van der Waals surface area contributed by atoms with Crippen LogP contribution in [0, 0.1) is 11.6 Å². The Bertz CT molecular complexity index is 724. The number of aromatic amines is 1. The fourth-order valence-electron chi connectivity index (χ4n) is 1.94. The molecule has 0 amide bonds. The van der Waals surface area contributed by atoms with Gasteiger partial charge in [0.05, 0.1) is 5.35 Å². The molecule has 128 valence electrons. The number of rotatable bonds is 2. The van der Waals surface area contributed by atoms with Crippen LogP contribution < -0.4 is 10.7 Å². The maximum Gasteiger partial charge on any atom is 0.159 e. The number of nitrogens with zero attached hydrogens (tertiary/aromatic N) is 2. The smallest absolute Gasteiger partial charge is 0.159 e. The molecule has 1 aliphatic rings. The molecule has 1 heterocycles. The van der Waals surface area contributed by atoms with Crippen molar-refractivity contribution >= 4 is 12.2 Å². The monoisotopic (exact) mass is 323 g/mol. The summed E-state index contributed by atoms with van der Waals surface area (Å²) in [6.07, 6.45) is 3.23. The molecule has 0 atom stereocenters. The van der Waals surface area contributed by atoms with Crippen LogP contribution in [0.2, 0.25) is 0 Å². The molecular formula is C18H27F2N3. The van der Waals surface area contributed by atoms with E-state index in [1.54, 1.807) is 6.07 Å². The van der Waals surface area contributed by atoms with Crippen LogP contribution in [0.25, 0.3) is 12.2 Å². The van der Waals surface area contributed by atoms with Crippen LogP contribution in [0.3, 0.4) is 0 Å². The third-order valence-corrected chi connectivity index (χ3v) is 3.55. The Morgan fingerprint density at radius 2 is 1.96 bits per heavy atom. The van der Waals surface area contributed by atoms with Crippen molar-refractivity contribution < 1.29 is 10.2 Å². The Labute approximate surface area is 137 Å². The van der Waals surface area contributed by atoms with Crippen molar-refractivity contribution in [1.29, 1.82) is 0 Å². The SMILES string of the molecule is C=c1[nH]nn/c1=C(/C)CC.CC.Fc1ccc(C2CC2)cc1F.[HH]. The van der Waals surface area contributed by atoms with Crippen LogP contribution >= 0.6 is 0 Å². The van der Waals surface area contributed by atoms with Crippen LogP contribution in [-0.2, 0) is 0 Å². The Kier molecular flexibility index (Phi) is 7.59. The number of hydrogen-bond acceptors (Lipinski definition) is 2. The van der Waals surface area contributed by atoms with Gasteiger partial charge in [-0.15, -0.1) is 5.10 Å². The average Bonchev–Trinajstić information content (AvgIpc) is 3.33. The normalized spacial score (nSPS) is 14.2. The van der Waals surface area contributed by atoms with E-state index >= 15 is 0 Å². The molecular weight excluding hydrogens is 296 g/mol. The molecule has 0 aliphatic heterocycles. The molecule has 1 aliphatic carbocycles. The molecule has 3 nitrogen and oxygen atoms in total. The molecule has 2 aromatic rings. The summed E-state index contributed by atoms with van der Waals surface area (Å²) in [6, 6.07) is 4.16. The third kappa shape index (κ3) is 5.58. The fourth-order valence-corrected chi connectivity index (χ4v) is 1.94. The van der Waals surface area contributed by atoms with Gasteiger partial charge in [0.15, 0.2) is 11.6 Å². The lowest BCUT2D eigenvalue weighted by Gasteiger charge is -1.97. The van der Waals surface area contributed by atoms with E-state index < -0.39 is 11.6 Å². The van der Waals surface area contributed by atoms with Gasteiger partial charge in [0.1, 0.15) is 5.35 Å². The molecule has 0 spiro atoms. The predicted octanol–water partition coefficient (Wildman–Crippen LogP) is 3.91. The highest BCUT2D eigenvalue weighted by Crippen LogP contribution is 2.40. The summed E-state index contributed by atoms with van der Waals surface area (Å²) < 4.78 is 25.0. The maximum absolute atomic E-state index is 12.6. The van der Waals surface area contributed by atoms with Crippen molar-refractivity contribution in [2.45, 2.75) is 52.9 Å². The molecule has 23 heavy (non-hydrogen) atoms. The van der Waals surface area contributed by atoms with Crippen LogP contribution in [0.4, 0.5) is 8.78 Å². The predicted molar refractivity (Wildman–Crippen MR) is 92.3 cm³/mol. The van der Waals surface area contributed by atoms with Crippen molar-refractivity contribution in [3.8, 4) is 0 Å². The van der Waals surface area contributed by atoms with Crippen molar-refractivity contribution in [1.82, 2.24) is 15.4 Å². The van der Waals surface area contributed by atoms with Gasteiger partial charge in [0.25, 0.3) is 0 Å². The highest BCUT2D eigenvalue weighted by atomic mass is 19.2. The highest BCUT2D eigenvalue weighted by molar-refractivity contribution is 5.37. The number of H-pyrrole nitrogens is 1. The van der Waals surface area contributed by atoms with E-state index in [1.807, 2.05) is 20.8 Å². The Morgan fingerprint density at radius 1 is 1.30 bits per heavy atom. The van der Waals surface area contributed by atoms with Gasteiger partial charge >= 0.3 is 0 Å². The molecule has 0 bridgehead atoms. The second-order valence-corrected chi connectivity index (χ2v) is 5.22. The van der Waals surface area contributed by atoms with Crippen molar-refractivity contribution in [2.24, 2.45) is 0 Å². The Balaban J connectivity index is 0.000000387. The molecule has 1 fully saturated rings. The fraction of sp³-hybridized carbons (Fsp3) is 0.444. The second-order valence-electron chi connectivity index (χ2n) is 5.22. The third-order valence-electron chi connectivity index (χ3n) is 3.55. The summed E-state index contributed by atoms with van der Waals surface area (Å²) in [4.78, 5) is 0. The first-order valence-electron chi connectivity index (χ1n) is 8.03. The van der Waals surface area contributed by atoms with Crippen molar-refractivity contribution in [2.75, 3.05) is 0 Å². The summed E-state index contributed by atoms with van der Waals surface area (Å²) >= 11 is 0. The quantitative estimate of drug-likeness (QED) is 0.910. The average molecular weight is 323 g/mol. The van der Waals surface area contributed by atoms with Crippen molar-refractivity contribution in [3.05, 3.63) is 46.1 Å². The van der Waals surface area contributed by atoms with Gasteiger partial charge < -0.3 is 0 Å². The molecule has 1 saturated carbocycles. The Hall–Kier alpha value is -2.04. The minimum absolute atomic E-state index is 0. The van der Waals surface area contributed by atoms with Crippen molar-refractivity contribution in [3.63, 3.8) is 0 Å². The molecule has 5 heteroatoms. The van der Waals surface area contributed by atoms with E-state index in [2.05, 4.69) is 28.9 Å². The minimum atomic E-state index is -0.755. The molecule has 0 radical (unpaired) electrons. The number of nitrogens with one attached hydrogen (secondary N) is 1. The standard InChI is InChI=1S/C9H8F2.C7H11N3.C2H6.H2/c10-8-4-3-7(5-9(8)11)6-1-2-6;1-4-5(2)7-6(3)8-10-9-7;1-2;/h3-6H,1-2H2;3-4H2,1-2H3,(H,8,9);1-2H3;1H/b;7-5-;;. The van der Waals surface area contributed by atoms with Crippen LogP contribution in [-0.4, -0.2) is 15.4 Å². The van der Waals surface area contributed by atoms with E-state index in [0.717, 1.165) is 35.5 Å². The summed E-state index contributed by atoms with van der Waals surface area (Å²) in [5.41, 5.74) is 2.16. The number of hydrogen-bond donors (Lipinski definition) is 1. The first kappa shape index (κ1) is 19.0. The van der Waals surface area contributed by atoms with Gasteiger partial charge in [-0.1, -0.05) is 38.6 Å². The summed E-state index contributed by atoms with van der Waals surface area (Å²) in [5.74, 6) is -0.992. The van der Waals surface area contributed by atoms with E-state index in [1.165, 1.54) is 17.7 Å². The topological polar surface area (TPSA) is 41.6 Å². The van der Waals surface area contributed by atoms with Crippen LogP contribution in [0.1, 0.15) is 59.9 Å². The lowest BCUT2D eigenvalue weighted by molar-refractivity contribution is 0.507. The van der Waals surface area contributed by atoms with E-state index in [9.17, 15) is 8.78 Å². The molecule has 1 N–H and O–H groups in total. The Morgan fingerprint density at radius 3 is 2.39 bits per heavy atom. The van der Waals surface area contributed by atoms with E-state index in [4.69, 9.17) is 0 Å². The molecule has 0 saturated heterocycles. The second kappa shape index (κ2) is 9.18. The number of aromatic nitrogens is 3. The minimum Gasteiger partial charge on any atom is -0.258 e. The van der Waals surface area contributed by atoms with Gasteiger partial charge in [0.2, 0.25) is 0 Å². The van der Waals surface area contributed by atoms with Crippen LogP contribution in [0.15, 0.2) is 18.2 Å². The van der Waals surface area contributed by atoms with Gasteiger partial charge in [-0.2, -0.15) is 0 Å². The zero-order chi connectivity index (χ0) is 17.4. The van der Waals surface area contributed by atoms with Gasteiger partial charge in [-0.25, -0.2) is 8.78 Å². The van der Waals surface area contributed by atoms with E-state index in [0.29, 0.717) is 5.92 Å². The zero-order valence-electron chi connectivity index (χ0n) is 14.3. The molecule has 3 rings (SSSR count). The van der Waals surface area contributed by atoms with Gasteiger partial charge in [-0.3, -0.25) is 5.10 Å². The first-order valence-corrected chi connectivity index (χ1v) is 8.03. The lowest BCUT2D eigenvalue weighted by Crippen LogP contribution is -2.24. The van der Waals surface area contributed by atoms with E-state index in [-0.39, 0.29) is 1.43 Å². The summed E-state index contributed by atoms with van der Waals surface area (Å²) in [7, 11) is 0. The summed E-state index contributed by atoms with van der Waals surface area (Å²) in [6.45, 7) is 11.9. The van der Waals surface area contributed by atoms with Gasteiger partial charge in [0, 0.05) is 1.43 Å². The maximum atomic E-state index is 12.6. The largest absolute Gasteiger partial charge is 0.258 e. The lowest BCUT2D eigenvalue weighted by atomic mass is 10.1. The van der Waals surface area contributed by atoms with Gasteiger partial charge in [-0.05, 0) is 55.4 Å². The highest BCUT2D eigenvalue weighted by Gasteiger charge is 2.24. The first-order chi connectivity index (χ1) is 11.0. The number of benzene rings is 1. The number of halogens is 2. The zero-order valence-corrected chi connectivity index (χ0v) is 14.3. The molecule has 1 aromatic carbocycles.